The Morgan fingerprint density at radius 1 is 1.03 bits per heavy atom. The van der Waals surface area contributed by atoms with Gasteiger partial charge in [-0.1, -0.05) is 6.07 Å². The Morgan fingerprint density at radius 3 is 2.08 bits per heavy atom. The van der Waals surface area contributed by atoms with Gasteiger partial charge < -0.3 is 19.6 Å². The summed E-state index contributed by atoms with van der Waals surface area (Å²) in [5.74, 6) is -2.72. The number of nitrogens with zero attached hydrogens (tertiary/aromatic N) is 2. The zero-order valence-corrected chi connectivity index (χ0v) is 22.0. The number of ether oxygens (including phenoxy) is 1. The number of anilines is 1. The monoisotopic (exact) mass is 549 g/mol. The molecule has 39 heavy (non-hydrogen) atoms. The molecule has 9 nitrogen and oxygen atoms in total. The van der Waals surface area contributed by atoms with Crippen molar-refractivity contribution in [2.45, 2.75) is 58.5 Å². The normalized spacial score (nSPS) is 12.1. The summed E-state index contributed by atoms with van der Waals surface area (Å²) in [6.45, 7) is 9.55. The van der Waals surface area contributed by atoms with Gasteiger partial charge in [-0.2, -0.15) is 13.2 Å². The lowest BCUT2D eigenvalue weighted by Crippen LogP contribution is -2.49. The van der Waals surface area contributed by atoms with Crippen molar-refractivity contribution in [1.29, 1.82) is 0 Å². The van der Waals surface area contributed by atoms with Gasteiger partial charge in [0.2, 0.25) is 5.91 Å². The van der Waals surface area contributed by atoms with Crippen LogP contribution in [0.1, 0.15) is 56.8 Å². The van der Waals surface area contributed by atoms with Gasteiger partial charge in [-0.25, -0.2) is 4.79 Å². The Morgan fingerprint density at radius 2 is 1.64 bits per heavy atom. The molecule has 0 aliphatic carbocycles. The molecule has 12 heteroatoms. The summed E-state index contributed by atoms with van der Waals surface area (Å²) in [5, 5.41) is 10.1. The summed E-state index contributed by atoms with van der Waals surface area (Å²) in [4.78, 5) is 41.5. The van der Waals surface area contributed by atoms with Crippen LogP contribution in [0.2, 0.25) is 0 Å². The van der Waals surface area contributed by atoms with Gasteiger partial charge in [-0.15, -0.1) is 0 Å². The lowest BCUT2D eigenvalue weighted by atomic mass is 10.0. The van der Waals surface area contributed by atoms with Crippen molar-refractivity contribution >= 4 is 23.5 Å². The maximum Gasteiger partial charge on any atom is 0.490 e. The van der Waals surface area contributed by atoms with Crippen molar-refractivity contribution in [3.05, 3.63) is 78.5 Å². The van der Waals surface area contributed by atoms with Crippen molar-refractivity contribution < 1.29 is 41.8 Å². The van der Waals surface area contributed by atoms with Crippen LogP contribution in [-0.2, 0) is 9.59 Å². The number of rotatable bonds is 7. The molecule has 0 aliphatic heterocycles. The van der Waals surface area contributed by atoms with Crippen LogP contribution in [0.3, 0.4) is 0 Å². The number of pyridine rings is 1. The van der Waals surface area contributed by atoms with Crippen molar-refractivity contribution in [2.75, 3.05) is 4.90 Å². The number of carbonyl (C=O) groups excluding carboxylic acids is 2. The number of hydrogen-bond acceptors (Lipinski definition) is 6. The van der Waals surface area contributed by atoms with Gasteiger partial charge in [-0.05, 0) is 77.1 Å². The molecule has 0 saturated heterocycles. The molecule has 2 amide bonds. The third-order valence-electron chi connectivity index (χ3n) is 4.68. The highest BCUT2D eigenvalue weighted by molar-refractivity contribution is 6.08. The molecular formula is C27H30F3N3O6. The van der Waals surface area contributed by atoms with E-state index in [1.807, 2.05) is 34.6 Å². The number of furan rings is 1. The van der Waals surface area contributed by atoms with Gasteiger partial charge in [0.15, 0.2) is 5.76 Å². The minimum absolute atomic E-state index is 0.0161. The molecule has 0 fully saturated rings. The van der Waals surface area contributed by atoms with E-state index in [9.17, 15) is 22.8 Å². The molecular weight excluding hydrogens is 519 g/mol. The van der Waals surface area contributed by atoms with Crippen molar-refractivity contribution in [2.24, 2.45) is 0 Å². The quantitative estimate of drug-likeness (QED) is 0.405. The molecule has 3 rings (SSSR count). The van der Waals surface area contributed by atoms with Crippen LogP contribution >= 0.6 is 0 Å². The Bertz CT molecular complexity index is 1220. The maximum absolute atomic E-state index is 13.6. The second kappa shape index (κ2) is 12.9. The van der Waals surface area contributed by atoms with E-state index < -0.39 is 29.6 Å². The van der Waals surface area contributed by atoms with Gasteiger partial charge >= 0.3 is 12.1 Å². The number of carboxylic acids is 1. The Hall–Kier alpha value is -4.35. The molecule has 2 heterocycles. The van der Waals surface area contributed by atoms with E-state index in [2.05, 4.69) is 10.3 Å². The highest BCUT2D eigenvalue weighted by atomic mass is 19.4. The molecule has 210 valence electrons. The average molecular weight is 550 g/mol. The van der Waals surface area contributed by atoms with Crippen molar-refractivity contribution in [3.8, 4) is 5.75 Å². The number of alkyl halides is 3. The Labute approximate surface area is 223 Å². The number of halogens is 3. The van der Waals surface area contributed by atoms with E-state index in [0.717, 1.165) is 0 Å². The lowest BCUT2D eigenvalue weighted by Gasteiger charge is -2.33. The van der Waals surface area contributed by atoms with Crippen LogP contribution in [0.5, 0.6) is 5.75 Å². The first kappa shape index (κ1) is 30.9. The first-order chi connectivity index (χ1) is 18.1. The van der Waals surface area contributed by atoms with Crippen LogP contribution in [-0.4, -0.2) is 45.7 Å². The summed E-state index contributed by atoms with van der Waals surface area (Å²) in [6, 6.07) is 12.8. The zero-order chi connectivity index (χ0) is 29.4. The van der Waals surface area contributed by atoms with E-state index in [4.69, 9.17) is 19.1 Å². The first-order valence-electron chi connectivity index (χ1n) is 11.8. The van der Waals surface area contributed by atoms with Gasteiger partial charge in [0.05, 0.1) is 12.4 Å². The number of hydrogen-bond donors (Lipinski definition) is 2. The van der Waals surface area contributed by atoms with Crippen LogP contribution in [0.25, 0.3) is 0 Å². The lowest BCUT2D eigenvalue weighted by molar-refractivity contribution is -0.192. The summed E-state index contributed by atoms with van der Waals surface area (Å²) in [5.41, 5.74) is 0.614. The topological polar surface area (TPSA) is 122 Å². The van der Waals surface area contributed by atoms with E-state index >= 15 is 0 Å². The number of nitrogens with one attached hydrogen (secondary N) is 1. The third-order valence-corrected chi connectivity index (χ3v) is 4.68. The molecule has 0 saturated carbocycles. The number of aliphatic carboxylic acids is 1. The summed E-state index contributed by atoms with van der Waals surface area (Å²) in [7, 11) is 0. The number of carboxylic acid groups (broad SMARTS) is 1. The number of carbonyl (C=O) groups is 3. The van der Waals surface area contributed by atoms with Gasteiger partial charge in [0, 0.05) is 29.2 Å². The second-order valence-corrected chi connectivity index (χ2v) is 9.54. The third kappa shape index (κ3) is 9.47. The highest BCUT2D eigenvalue weighted by Gasteiger charge is 2.38. The van der Waals surface area contributed by atoms with Crippen molar-refractivity contribution in [3.63, 3.8) is 0 Å². The number of aromatic nitrogens is 1. The standard InChI is InChI=1S/C25H29N3O4.C2HF3O2/c1-17(2)32-20-12-10-19(11-13-20)28(24(30)21-9-7-15-31-21)22(18-8-6-14-26-16-18)23(29)27-25(3,4)5;3-2(4,5)1(6)7/h6-17,22H,1-5H3,(H,27,29);(H,6,7). The molecule has 1 atom stereocenters. The smallest absolute Gasteiger partial charge is 0.490 e. The molecule has 0 radical (unpaired) electrons. The predicted octanol–water partition coefficient (Wildman–Crippen LogP) is 5.40. The predicted molar refractivity (Wildman–Crippen MR) is 136 cm³/mol. The fourth-order valence-electron chi connectivity index (χ4n) is 3.25. The van der Waals surface area contributed by atoms with Crippen LogP contribution in [0.4, 0.5) is 18.9 Å². The molecule has 1 aromatic carbocycles. The minimum atomic E-state index is -5.08. The molecule has 3 aromatic rings. The molecule has 0 aliphatic rings. The minimum Gasteiger partial charge on any atom is -0.491 e. The molecule has 2 aromatic heterocycles. The average Bonchev–Trinajstić information content (AvgIpc) is 3.37. The summed E-state index contributed by atoms with van der Waals surface area (Å²) < 4.78 is 42.8. The zero-order valence-electron chi connectivity index (χ0n) is 22.0. The van der Waals surface area contributed by atoms with Gasteiger partial charge in [0.1, 0.15) is 11.8 Å². The van der Waals surface area contributed by atoms with Crippen molar-refractivity contribution in [1.82, 2.24) is 10.3 Å². The van der Waals surface area contributed by atoms with E-state index in [1.54, 1.807) is 60.9 Å². The molecule has 2 N–H and O–H groups in total. The van der Waals surface area contributed by atoms with E-state index in [-0.39, 0.29) is 17.8 Å². The Balaban J connectivity index is 0.000000673. The largest absolute Gasteiger partial charge is 0.491 e. The number of benzene rings is 1. The fourth-order valence-corrected chi connectivity index (χ4v) is 3.25. The first-order valence-corrected chi connectivity index (χ1v) is 11.8. The Kier molecular flexibility index (Phi) is 10.2. The SMILES string of the molecule is CC(C)Oc1ccc(N(C(=O)c2ccco2)C(C(=O)NC(C)(C)C)c2cccnc2)cc1.O=C(O)C(F)(F)F. The van der Waals surface area contributed by atoms with E-state index in [1.165, 1.54) is 11.2 Å². The van der Waals surface area contributed by atoms with Crippen LogP contribution in [0, 0.1) is 0 Å². The van der Waals surface area contributed by atoms with Gasteiger partial charge in [0.25, 0.3) is 5.91 Å². The number of amides is 2. The fraction of sp³-hybridized carbons (Fsp3) is 0.333. The van der Waals surface area contributed by atoms with Crippen LogP contribution in [0.15, 0.2) is 71.6 Å². The molecule has 0 bridgehead atoms. The second-order valence-electron chi connectivity index (χ2n) is 9.54. The van der Waals surface area contributed by atoms with E-state index in [0.29, 0.717) is 17.0 Å². The molecule has 1 unspecified atom stereocenters. The highest BCUT2D eigenvalue weighted by Crippen LogP contribution is 2.31. The van der Waals surface area contributed by atoms with Gasteiger partial charge in [-0.3, -0.25) is 19.5 Å². The summed E-state index contributed by atoms with van der Waals surface area (Å²) in [6.07, 6.45) is -0.425. The van der Waals surface area contributed by atoms with Crippen LogP contribution < -0.4 is 15.0 Å². The summed E-state index contributed by atoms with van der Waals surface area (Å²) >= 11 is 0. The molecule has 0 spiro atoms. The maximum atomic E-state index is 13.6.